The third-order valence-corrected chi connectivity index (χ3v) is 1.50. The van der Waals surface area contributed by atoms with Gasteiger partial charge in [0.15, 0.2) is 0 Å². The second-order valence-corrected chi connectivity index (χ2v) is 2.45. The molecule has 0 rings (SSSR count). The van der Waals surface area contributed by atoms with Gasteiger partial charge in [0.25, 0.3) is 0 Å². The van der Waals surface area contributed by atoms with Crippen molar-refractivity contribution < 1.29 is 0 Å². The third-order valence-electron chi connectivity index (χ3n) is 1.50. The van der Waals surface area contributed by atoms with E-state index >= 15 is 0 Å². The van der Waals surface area contributed by atoms with E-state index in [1.54, 1.807) is 0 Å². The van der Waals surface area contributed by atoms with Crippen molar-refractivity contribution in [1.82, 2.24) is 0 Å². The summed E-state index contributed by atoms with van der Waals surface area (Å²) in [4.78, 5) is 0. The van der Waals surface area contributed by atoms with E-state index in [-0.39, 0.29) is 0 Å². The quantitative estimate of drug-likeness (QED) is 0.603. The number of hydrogen-bond acceptors (Lipinski definition) is 1. The number of nitrogens with two attached hydrogens (primary N) is 1. The molecule has 0 atom stereocenters. The molecular weight excluding hydrogens is 110 g/mol. The molecule has 0 amide bonds. The van der Waals surface area contributed by atoms with Crippen LogP contribution < -0.4 is 5.73 Å². The topological polar surface area (TPSA) is 26.0 Å². The Morgan fingerprint density at radius 3 is 1.78 bits per heavy atom. The molecule has 1 heteroatoms. The molecule has 0 saturated heterocycles. The van der Waals surface area contributed by atoms with E-state index in [2.05, 4.69) is 13.8 Å². The van der Waals surface area contributed by atoms with Crippen molar-refractivity contribution in [3.8, 4) is 0 Å². The highest BCUT2D eigenvalue weighted by atomic mass is 14.5. The fourth-order valence-electron chi connectivity index (χ4n) is 1.04. The molecule has 0 bridgehead atoms. The third kappa shape index (κ3) is 4.46. The summed E-state index contributed by atoms with van der Waals surface area (Å²) in [6, 6.07) is 0. The summed E-state index contributed by atoms with van der Waals surface area (Å²) in [5.74, 6) is 1.53. The summed E-state index contributed by atoms with van der Waals surface area (Å²) in [5, 5.41) is 0. The van der Waals surface area contributed by atoms with Crippen molar-refractivity contribution in [3.63, 3.8) is 0 Å². The molecule has 2 N–H and O–H groups in total. The minimum Gasteiger partial charge on any atom is -0.330 e. The first kappa shape index (κ1) is 8.96. The van der Waals surface area contributed by atoms with Gasteiger partial charge in [0, 0.05) is 0 Å². The zero-order valence-electron chi connectivity index (χ0n) is 6.61. The summed E-state index contributed by atoms with van der Waals surface area (Å²) >= 11 is 0. The van der Waals surface area contributed by atoms with Crippen LogP contribution in [-0.2, 0) is 0 Å². The van der Waals surface area contributed by atoms with Crippen molar-refractivity contribution >= 4 is 0 Å². The van der Waals surface area contributed by atoms with Gasteiger partial charge in [-0.05, 0) is 25.3 Å². The highest BCUT2D eigenvalue weighted by Gasteiger charge is 2.02. The van der Waals surface area contributed by atoms with Crippen LogP contribution in [0.4, 0.5) is 0 Å². The van der Waals surface area contributed by atoms with Gasteiger partial charge < -0.3 is 5.73 Å². The Hall–Kier alpha value is -0.0400. The lowest BCUT2D eigenvalue weighted by Crippen LogP contribution is -2.11. The van der Waals surface area contributed by atoms with E-state index in [1.807, 2.05) is 0 Å². The van der Waals surface area contributed by atoms with Crippen LogP contribution in [0.1, 0.15) is 39.5 Å². The molecule has 0 fully saturated rings. The Labute approximate surface area is 58.6 Å². The molecule has 9 heavy (non-hydrogen) atoms. The molecule has 0 aromatic carbocycles. The van der Waals surface area contributed by atoms with Crippen LogP contribution in [0.3, 0.4) is 0 Å². The molecule has 0 heterocycles. The molecule has 0 aliphatic heterocycles. The number of hydrogen-bond donors (Lipinski definition) is 1. The number of rotatable bonds is 5. The zero-order valence-corrected chi connectivity index (χ0v) is 6.61. The minimum atomic E-state index is 0.793. The van der Waals surface area contributed by atoms with Crippen molar-refractivity contribution in [3.05, 3.63) is 5.92 Å². The maximum absolute atomic E-state index is 5.51. The van der Waals surface area contributed by atoms with Gasteiger partial charge in [-0.3, -0.25) is 0 Å². The van der Waals surface area contributed by atoms with Crippen molar-refractivity contribution in [2.24, 2.45) is 5.73 Å². The van der Waals surface area contributed by atoms with Crippen LogP contribution in [0.5, 0.6) is 0 Å². The Morgan fingerprint density at radius 1 is 1.11 bits per heavy atom. The van der Waals surface area contributed by atoms with Gasteiger partial charge in [0.2, 0.25) is 0 Å². The average molecular weight is 128 g/mol. The zero-order chi connectivity index (χ0) is 7.11. The average Bonchev–Trinajstić information content (AvgIpc) is 1.88. The van der Waals surface area contributed by atoms with Crippen LogP contribution in [0.25, 0.3) is 0 Å². The predicted molar refractivity (Wildman–Crippen MR) is 42.1 cm³/mol. The fourth-order valence-corrected chi connectivity index (χ4v) is 1.04. The first-order valence-electron chi connectivity index (χ1n) is 3.88. The summed E-state index contributed by atoms with van der Waals surface area (Å²) < 4.78 is 0. The van der Waals surface area contributed by atoms with E-state index in [9.17, 15) is 0 Å². The SMILES string of the molecule is CCC[C](CN)CCC. The Morgan fingerprint density at radius 2 is 1.56 bits per heavy atom. The van der Waals surface area contributed by atoms with Crippen LogP contribution in [0, 0.1) is 5.92 Å². The second-order valence-electron chi connectivity index (χ2n) is 2.45. The first-order valence-corrected chi connectivity index (χ1v) is 3.88. The minimum absolute atomic E-state index is 0.793. The van der Waals surface area contributed by atoms with Crippen LogP contribution in [0.15, 0.2) is 0 Å². The Balaban J connectivity index is 3.18. The Kier molecular flexibility index (Phi) is 6.06. The van der Waals surface area contributed by atoms with E-state index < -0.39 is 0 Å². The predicted octanol–water partition coefficient (Wildman–Crippen LogP) is 2.12. The van der Waals surface area contributed by atoms with Crippen molar-refractivity contribution in [2.45, 2.75) is 39.5 Å². The molecule has 0 spiro atoms. The summed E-state index contributed by atoms with van der Waals surface area (Å²) in [6.07, 6.45) is 4.94. The van der Waals surface area contributed by atoms with Crippen molar-refractivity contribution in [2.75, 3.05) is 6.54 Å². The standard InChI is InChI=1S/C8H18N/c1-3-5-8(7-9)6-4-2/h3-7,9H2,1-2H3. The lowest BCUT2D eigenvalue weighted by atomic mass is 9.99. The molecule has 1 radical (unpaired) electrons. The fraction of sp³-hybridized carbons (Fsp3) is 0.875. The van der Waals surface area contributed by atoms with Gasteiger partial charge >= 0.3 is 0 Å². The molecule has 0 saturated carbocycles. The molecule has 0 aromatic rings. The molecule has 1 nitrogen and oxygen atoms in total. The van der Waals surface area contributed by atoms with Gasteiger partial charge in [-0.15, -0.1) is 0 Å². The Bertz CT molecular complexity index is 46.5. The lowest BCUT2D eigenvalue weighted by Gasteiger charge is -2.09. The lowest BCUT2D eigenvalue weighted by molar-refractivity contribution is 0.669. The van der Waals surface area contributed by atoms with E-state index in [0.29, 0.717) is 0 Å². The van der Waals surface area contributed by atoms with E-state index in [1.165, 1.54) is 31.6 Å². The van der Waals surface area contributed by atoms with Gasteiger partial charge in [-0.2, -0.15) is 0 Å². The van der Waals surface area contributed by atoms with Crippen LogP contribution in [-0.4, -0.2) is 6.54 Å². The molecule has 0 aromatic heterocycles. The molecule has 0 aliphatic carbocycles. The first-order chi connectivity index (χ1) is 4.35. The molecule has 0 unspecified atom stereocenters. The van der Waals surface area contributed by atoms with Gasteiger partial charge in [0.05, 0.1) is 0 Å². The highest BCUT2D eigenvalue weighted by Crippen LogP contribution is 2.13. The van der Waals surface area contributed by atoms with Gasteiger partial charge in [0.1, 0.15) is 0 Å². The largest absolute Gasteiger partial charge is 0.330 e. The molecular formula is C8H18N. The van der Waals surface area contributed by atoms with Gasteiger partial charge in [-0.1, -0.05) is 26.7 Å². The monoisotopic (exact) mass is 128 g/mol. The van der Waals surface area contributed by atoms with Crippen LogP contribution >= 0.6 is 0 Å². The summed E-state index contributed by atoms with van der Waals surface area (Å²) in [6.45, 7) is 5.19. The summed E-state index contributed by atoms with van der Waals surface area (Å²) in [7, 11) is 0. The smallest absolute Gasteiger partial charge is 0.00147 e. The van der Waals surface area contributed by atoms with Crippen molar-refractivity contribution in [1.29, 1.82) is 0 Å². The maximum atomic E-state index is 5.51. The molecule has 55 valence electrons. The maximum Gasteiger partial charge on any atom is -0.00147 e. The van der Waals surface area contributed by atoms with Crippen LogP contribution in [0.2, 0.25) is 0 Å². The van der Waals surface area contributed by atoms with E-state index in [4.69, 9.17) is 5.73 Å². The molecule has 0 aliphatic rings. The highest BCUT2D eigenvalue weighted by molar-refractivity contribution is 4.89. The van der Waals surface area contributed by atoms with E-state index in [0.717, 1.165) is 6.54 Å². The summed E-state index contributed by atoms with van der Waals surface area (Å²) in [5.41, 5.74) is 5.51. The normalized spacial score (nSPS) is 10.7. The second kappa shape index (κ2) is 6.09. The van der Waals surface area contributed by atoms with Gasteiger partial charge in [-0.25, -0.2) is 0 Å².